The van der Waals surface area contributed by atoms with Crippen molar-refractivity contribution in [3.8, 4) is 0 Å². The molecule has 66 valence electrons. The van der Waals surface area contributed by atoms with Crippen molar-refractivity contribution < 1.29 is 0 Å². The van der Waals surface area contributed by atoms with Gasteiger partial charge in [0.2, 0.25) is 0 Å². The van der Waals surface area contributed by atoms with Crippen LogP contribution in [0.2, 0.25) is 0 Å². The van der Waals surface area contributed by atoms with Gasteiger partial charge in [0.1, 0.15) is 0 Å². The summed E-state index contributed by atoms with van der Waals surface area (Å²) in [6.45, 7) is 0. The lowest BCUT2D eigenvalue weighted by molar-refractivity contribution is 0.712. The molecule has 0 aromatic heterocycles. The summed E-state index contributed by atoms with van der Waals surface area (Å²) in [7, 11) is 0. The highest BCUT2D eigenvalue weighted by Gasteiger charge is 1.88. The Hall–Kier alpha value is 0.370. The average molecular weight is 191 g/mol. The highest BCUT2D eigenvalue weighted by molar-refractivity contribution is 8.11. The zero-order valence-corrected chi connectivity index (χ0v) is 8.77. The topological polar surface area (TPSA) is 23.9 Å². The predicted octanol–water partition coefficient (Wildman–Crippen LogP) is 3.25. The van der Waals surface area contributed by atoms with E-state index in [2.05, 4.69) is 6.26 Å². The summed E-state index contributed by atoms with van der Waals surface area (Å²) in [5, 5.41) is 6.78. The van der Waals surface area contributed by atoms with E-state index < -0.39 is 0 Å². The van der Waals surface area contributed by atoms with Crippen molar-refractivity contribution in [3.05, 3.63) is 0 Å². The molecule has 0 aromatic rings. The zero-order valence-electron chi connectivity index (χ0n) is 7.14. The fourth-order valence-corrected chi connectivity index (χ4v) is 1.83. The number of unbranched alkanes of at least 4 members (excludes halogenated alkanes) is 3. The first-order chi connectivity index (χ1) is 5.41. The SMILES string of the molecule is CSCCCCCCSC=N. The smallest absolute Gasteiger partial charge is 0.0506 e. The molecule has 0 heterocycles. The summed E-state index contributed by atoms with van der Waals surface area (Å²) in [6.07, 6.45) is 7.48. The van der Waals surface area contributed by atoms with Gasteiger partial charge < -0.3 is 5.41 Å². The van der Waals surface area contributed by atoms with Gasteiger partial charge >= 0.3 is 0 Å². The molecule has 0 saturated carbocycles. The van der Waals surface area contributed by atoms with Crippen molar-refractivity contribution in [3.63, 3.8) is 0 Å². The van der Waals surface area contributed by atoms with Crippen molar-refractivity contribution in [2.75, 3.05) is 17.8 Å². The fraction of sp³-hybridized carbons (Fsp3) is 0.875. The molecular weight excluding hydrogens is 174 g/mol. The third-order valence-corrected chi connectivity index (χ3v) is 2.83. The maximum absolute atomic E-state index is 6.78. The summed E-state index contributed by atoms with van der Waals surface area (Å²) < 4.78 is 0. The van der Waals surface area contributed by atoms with Crippen LogP contribution >= 0.6 is 23.5 Å². The maximum atomic E-state index is 6.78. The van der Waals surface area contributed by atoms with E-state index in [4.69, 9.17) is 5.41 Å². The number of hydrogen-bond acceptors (Lipinski definition) is 3. The quantitative estimate of drug-likeness (QED) is 0.362. The Balaban J connectivity index is 2.74. The van der Waals surface area contributed by atoms with Crippen molar-refractivity contribution in [1.29, 1.82) is 5.41 Å². The molecule has 0 unspecified atom stereocenters. The number of thioether (sulfide) groups is 2. The van der Waals surface area contributed by atoms with Gasteiger partial charge in [0.05, 0.1) is 5.55 Å². The Bertz CT molecular complexity index is 86.2. The molecule has 0 aliphatic rings. The van der Waals surface area contributed by atoms with Crippen molar-refractivity contribution in [1.82, 2.24) is 0 Å². The van der Waals surface area contributed by atoms with E-state index in [1.54, 1.807) is 11.8 Å². The van der Waals surface area contributed by atoms with Gasteiger partial charge in [0, 0.05) is 0 Å². The van der Waals surface area contributed by atoms with Crippen LogP contribution in [0.15, 0.2) is 0 Å². The molecule has 0 radical (unpaired) electrons. The molecule has 0 aromatic carbocycles. The molecule has 0 fully saturated rings. The molecule has 0 rings (SSSR count). The Labute approximate surface area is 78.2 Å². The Morgan fingerprint density at radius 2 is 1.73 bits per heavy atom. The number of nitrogens with one attached hydrogen (secondary N) is 1. The van der Waals surface area contributed by atoms with E-state index >= 15 is 0 Å². The van der Waals surface area contributed by atoms with Crippen LogP contribution in [0.3, 0.4) is 0 Å². The van der Waals surface area contributed by atoms with Crippen molar-refractivity contribution in [2.45, 2.75) is 25.7 Å². The van der Waals surface area contributed by atoms with Gasteiger partial charge in [-0.3, -0.25) is 0 Å². The Morgan fingerprint density at radius 1 is 1.09 bits per heavy atom. The summed E-state index contributed by atoms with van der Waals surface area (Å²) in [6, 6.07) is 0. The van der Waals surface area contributed by atoms with E-state index in [1.807, 2.05) is 11.8 Å². The monoisotopic (exact) mass is 191 g/mol. The Morgan fingerprint density at radius 3 is 2.27 bits per heavy atom. The molecular formula is C8H17NS2. The van der Waals surface area contributed by atoms with Gasteiger partial charge in [-0.05, 0) is 30.6 Å². The third kappa shape index (κ3) is 10.4. The average Bonchev–Trinajstić information content (AvgIpc) is 2.03. The summed E-state index contributed by atoms with van der Waals surface area (Å²) in [4.78, 5) is 0. The molecule has 1 N–H and O–H groups in total. The zero-order chi connectivity index (χ0) is 8.36. The fourth-order valence-electron chi connectivity index (χ4n) is 0.844. The third-order valence-electron chi connectivity index (χ3n) is 1.44. The predicted molar refractivity (Wildman–Crippen MR) is 58.1 cm³/mol. The van der Waals surface area contributed by atoms with Crippen LogP contribution in [0.25, 0.3) is 0 Å². The van der Waals surface area contributed by atoms with E-state index in [-0.39, 0.29) is 0 Å². The van der Waals surface area contributed by atoms with E-state index in [1.165, 1.54) is 37.0 Å². The highest BCUT2D eigenvalue weighted by atomic mass is 32.2. The minimum Gasteiger partial charge on any atom is -0.302 e. The molecule has 0 amide bonds. The van der Waals surface area contributed by atoms with Gasteiger partial charge in [-0.25, -0.2) is 0 Å². The van der Waals surface area contributed by atoms with Crippen LogP contribution in [-0.2, 0) is 0 Å². The van der Waals surface area contributed by atoms with E-state index in [0.717, 1.165) is 5.75 Å². The van der Waals surface area contributed by atoms with Crippen LogP contribution < -0.4 is 0 Å². The second kappa shape index (κ2) is 10.4. The molecule has 0 aliphatic carbocycles. The molecule has 0 bridgehead atoms. The van der Waals surface area contributed by atoms with Gasteiger partial charge in [-0.2, -0.15) is 11.8 Å². The minimum absolute atomic E-state index is 1.13. The number of rotatable bonds is 8. The molecule has 3 heteroatoms. The van der Waals surface area contributed by atoms with E-state index in [9.17, 15) is 0 Å². The summed E-state index contributed by atoms with van der Waals surface area (Å²) in [5.41, 5.74) is 1.43. The van der Waals surface area contributed by atoms with Crippen molar-refractivity contribution >= 4 is 29.1 Å². The minimum atomic E-state index is 1.13. The van der Waals surface area contributed by atoms with Crippen LogP contribution in [0.4, 0.5) is 0 Å². The first-order valence-corrected chi connectivity index (χ1v) is 6.45. The van der Waals surface area contributed by atoms with Crippen molar-refractivity contribution in [2.24, 2.45) is 0 Å². The second-order valence-electron chi connectivity index (χ2n) is 2.40. The van der Waals surface area contributed by atoms with Gasteiger partial charge in [0.15, 0.2) is 0 Å². The normalized spacial score (nSPS) is 9.91. The van der Waals surface area contributed by atoms with Crippen LogP contribution in [-0.4, -0.2) is 23.3 Å². The molecule has 11 heavy (non-hydrogen) atoms. The van der Waals surface area contributed by atoms with Gasteiger partial charge in [0.25, 0.3) is 0 Å². The molecule has 0 spiro atoms. The van der Waals surface area contributed by atoms with E-state index in [0.29, 0.717) is 0 Å². The molecule has 1 nitrogen and oxygen atoms in total. The summed E-state index contributed by atoms with van der Waals surface area (Å²) >= 11 is 3.54. The van der Waals surface area contributed by atoms with Gasteiger partial charge in [-0.15, -0.1) is 11.8 Å². The molecule has 0 saturated heterocycles. The maximum Gasteiger partial charge on any atom is 0.0506 e. The first-order valence-electron chi connectivity index (χ1n) is 4.01. The summed E-state index contributed by atoms with van der Waals surface area (Å²) in [5.74, 6) is 2.43. The highest BCUT2D eigenvalue weighted by Crippen LogP contribution is 2.07. The lowest BCUT2D eigenvalue weighted by atomic mass is 10.2. The van der Waals surface area contributed by atoms with Gasteiger partial charge in [-0.1, -0.05) is 12.8 Å². The first kappa shape index (κ1) is 11.4. The largest absolute Gasteiger partial charge is 0.302 e. The van der Waals surface area contributed by atoms with Crippen LogP contribution in [0.1, 0.15) is 25.7 Å². The lowest BCUT2D eigenvalue weighted by Crippen LogP contribution is -1.83. The Kier molecular flexibility index (Phi) is 10.7. The lowest BCUT2D eigenvalue weighted by Gasteiger charge is -1.97. The standard InChI is InChI=1S/C8H17NS2/c1-10-6-4-2-3-5-7-11-8-9/h8-9H,2-7H2,1H3. The molecule has 0 atom stereocenters. The number of hydrogen-bond donors (Lipinski definition) is 1. The second-order valence-corrected chi connectivity index (χ2v) is 4.36. The molecule has 0 aliphatic heterocycles. The van der Waals surface area contributed by atoms with Crippen LogP contribution in [0, 0.1) is 5.41 Å². The van der Waals surface area contributed by atoms with Crippen LogP contribution in [0.5, 0.6) is 0 Å².